The van der Waals surface area contributed by atoms with Gasteiger partial charge in [-0.1, -0.05) is 26.1 Å². The van der Waals surface area contributed by atoms with Crippen molar-refractivity contribution in [3.8, 4) is 0 Å². The maximum Gasteiger partial charge on any atom is 0.240 e. The highest BCUT2D eigenvalue weighted by Gasteiger charge is 2.49. The number of carbonyl (C=O) groups is 2. The Morgan fingerprint density at radius 3 is 2.20 bits per heavy atom. The lowest BCUT2D eigenvalue weighted by Crippen LogP contribution is -2.35. The summed E-state index contributed by atoms with van der Waals surface area (Å²) in [6.07, 6.45) is 1.64. The van der Waals surface area contributed by atoms with Crippen molar-refractivity contribution in [2.24, 2.45) is 11.1 Å². The standard InChI is InChI=1S/C15H18N2O2S/c1-3-15(4-2)9-12(18)17(14(15)19)11-7-5-10(6-8-11)13(16)20/h5-8H,3-4,9H2,1-2H3,(H2,16,20). The lowest BCUT2D eigenvalue weighted by molar-refractivity contribution is -0.126. The third kappa shape index (κ3) is 2.22. The number of thiocarbonyl (C=S) groups is 1. The van der Waals surface area contributed by atoms with Crippen LogP contribution in [0.3, 0.4) is 0 Å². The lowest BCUT2D eigenvalue weighted by atomic mass is 9.81. The molecule has 0 unspecified atom stereocenters. The molecule has 1 heterocycles. The topological polar surface area (TPSA) is 63.4 Å². The van der Waals surface area contributed by atoms with Crippen molar-refractivity contribution in [2.75, 3.05) is 4.90 Å². The maximum atomic E-state index is 12.6. The van der Waals surface area contributed by atoms with Crippen molar-refractivity contribution >= 4 is 34.7 Å². The molecule has 1 aromatic rings. The molecule has 0 atom stereocenters. The summed E-state index contributed by atoms with van der Waals surface area (Å²) in [5.41, 5.74) is 6.31. The Morgan fingerprint density at radius 1 is 1.25 bits per heavy atom. The van der Waals surface area contributed by atoms with Gasteiger partial charge in [0, 0.05) is 12.0 Å². The van der Waals surface area contributed by atoms with E-state index in [2.05, 4.69) is 0 Å². The average Bonchev–Trinajstić information content (AvgIpc) is 2.70. The Balaban J connectivity index is 2.35. The fourth-order valence-corrected chi connectivity index (χ4v) is 2.77. The van der Waals surface area contributed by atoms with Crippen LogP contribution in [0.25, 0.3) is 0 Å². The van der Waals surface area contributed by atoms with Crippen molar-refractivity contribution in [1.82, 2.24) is 0 Å². The van der Waals surface area contributed by atoms with Gasteiger partial charge in [-0.05, 0) is 37.1 Å². The lowest BCUT2D eigenvalue weighted by Gasteiger charge is -2.23. The van der Waals surface area contributed by atoms with E-state index < -0.39 is 5.41 Å². The third-order valence-corrected chi connectivity index (χ3v) is 4.40. The Morgan fingerprint density at radius 2 is 1.80 bits per heavy atom. The van der Waals surface area contributed by atoms with Crippen LogP contribution in [-0.2, 0) is 9.59 Å². The molecular weight excluding hydrogens is 272 g/mol. The van der Waals surface area contributed by atoms with E-state index in [1.165, 1.54) is 4.90 Å². The Kier molecular flexibility index (Phi) is 3.90. The van der Waals surface area contributed by atoms with Gasteiger partial charge in [-0.25, -0.2) is 0 Å². The van der Waals surface area contributed by atoms with Crippen LogP contribution in [0.2, 0.25) is 0 Å². The number of carbonyl (C=O) groups excluding carboxylic acids is 2. The minimum absolute atomic E-state index is 0.101. The van der Waals surface area contributed by atoms with Crippen LogP contribution in [0.15, 0.2) is 24.3 Å². The zero-order chi connectivity index (χ0) is 14.9. The van der Waals surface area contributed by atoms with E-state index >= 15 is 0 Å². The van der Waals surface area contributed by atoms with Gasteiger partial charge in [0.2, 0.25) is 11.8 Å². The second-order valence-corrected chi connectivity index (χ2v) is 5.55. The molecule has 0 radical (unpaired) electrons. The van der Waals surface area contributed by atoms with Gasteiger partial charge in [-0.15, -0.1) is 0 Å². The average molecular weight is 290 g/mol. The van der Waals surface area contributed by atoms with Crippen molar-refractivity contribution in [3.63, 3.8) is 0 Å². The van der Waals surface area contributed by atoms with Crippen LogP contribution in [0, 0.1) is 5.41 Å². The number of nitrogens with two attached hydrogens (primary N) is 1. The quantitative estimate of drug-likeness (QED) is 0.683. The molecule has 1 aliphatic heterocycles. The molecular formula is C15H18N2O2S. The first-order chi connectivity index (χ1) is 9.45. The largest absolute Gasteiger partial charge is 0.389 e. The van der Waals surface area contributed by atoms with Crippen LogP contribution in [0.4, 0.5) is 5.69 Å². The van der Waals surface area contributed by atoms with Crippen molar-refractivity contribution in [1.29, 1.82) is 0 Å². The first-order valence-electron chi connectivity index (χ1n) is 6.72. The van der Waals surface area contributed by atoms with E-state index in [-0.39, 0.29) is 18.2 Å². The highest BCUT2D eigenvalue weighted by atomic mass is 32.1. The predicted molar refractivity (Wildman–Crippen MR) is 82.5 cm³/mol. The van der Waals surface area contributed by atoms with Crippen LogP contribution in [-0.4, -0.2) is 16.8 Å². The highest BCUT2D eigenvalue weighted by Crippen LogP contribution is 2.41. The van der Waals surface area contributed by atoms with Gasteiger partial charge in [0.15, 0.2) is 0 Å². The van der Waals surface area contributed by atoms with Gasteiger partial charge in [-0.3, -0.25) is 14.5 Å². The van der Waals surface area contributed by atoms with E-state index in [4.69, 9.17) is 18.0 Å². The fraction of sp³-hybridized carbons (Fsp3) is 0.400. The molecule has 1 aliphatic rings. The summed E-state index contributed by atoms with van der Waals surface area (Å²) in [4.78, 5) is 26.4. The molecule has 1 saturated heterocycles. The van der Waals surface area contributed by atoms with Crippen molar-refractivity contribution in [3.05, 3.63) is 29.8 Å². The van der Waals surface area contributed by atoms with Gasteiger partial charge in [0.05, 0.1) is 11.1 Å². The number of rotatable bonds is 4. The third-order valence-electron chi connectivity index (χ3n) is 4.16. The maximum absolute atomic E-state index is 12.6. The van der Waals surface area contributed by atoms with Crippen LogP contribution >= 0.6 is 12.2 Å². The van der Waals surface area contributed by atoms with Gasteiger partial charge < -0.3 is 5.73 Å². The Bertz CT molecular complexity index is 562. The minimum Gasteiger partial charge on any atom is -0.389 e. The second-order valence-electron chi connectivity index (χ2n) is 5.11. The van der Waals surface area contributed by atoms with Crippen molar-refractivity contribution in [2.45, 2.75) is 33.1 Å². The number of benzene rings is 1. The summed E-state index contributed by atoms with van der Waals surface area (Å²) in [5.74, 6) is -0.239. The summed E-state index contributed by atoms with van der Waals surface area (Å²) >= 11 is 4.89. The number of nitrogens with zero attached hydrogens (tertiary/aromatic N) is 1. The molecule has 5 heteroatoms. The van der Waals surface area contributed by atoms with Crippen LogP contribution < -0.4 is 10.6 Å². The summed E-state index contributed by atoms with van der Waals surface area (Å²) < 4.78 is 0. The summed E-state index contributed by atoms with van der Waals surface area (Å²) in [6, 6.07) is 6.89. The fourth-order valence-electron chi connectivity index (χ4n) is 2.63. The first kappa shape index (κ1) is 14.7. The Labute approximate surface area is 123 Å². The van der Waals surface area contributed by atoms with Gasteiger partial charge in [-0.2, -0.15) is 0 Å². The summed E-state index contributed by atoms with van der Waals surface area (Å²) in [6.45, 7) is 3.91. The molecule has 0 spiro atoms. The SMILES string of the molecule is CCC1(CC)CC(=O)N(c2ccc(C(N)=S)cc2)C1=O. The number of anilines is 1. The molecule has 106 valence electrons. The Hall–Kier alpha value is -1.75. The highest BCUT2D eigenvalue weighted by molar-refractivity contribution is 7.80. The van der Waals surface area contributed by atoms with E-state index in [0.717, 1.165) is 5.56 Å². The molecule has 2 amide bonds. The summed E-state index contributed by atoms with van der Waals surface area (Å²) in [5, 5.41) is 0. The van der Waals surface area contributed by atoms with Crippen LogP contribution in [0.1, 0.15) is 38.7 Å². The number of hydrogen-bond donors (Lipinski definition) is 1. The van der Waals surface area contributed by atoms with E-state index in [0.29, 0.717) is 23.5 Å². The van der Waals surface area contributed by atoms with Crippen molar-refractivity contribution < 1.29 is 9.59 Å². The zero-order valence-electron chi connectivity index (χ0n) is 11.7. The number of amides is 2. The number of hydrogen-bond acceptors (Lipinski definition) is 3. The van der Waals surface area contributed by atoms with E-state index in [1.807, 2.05) is 13.8 Å². The normalized spacial score (nSPS) is 17.6. The number of imide groups is 1. The molecule has 4 nitrogen and oxygen atoms in total. The molecule has 20 heavy (non-hydrogen) atoms. The molecule has 2 N–H and O–H groups in total. The van der Waals surface area contributed by atoms with E-state index in [1.54, 1.807) is 24.3 Å². The monoisotopic (exact) mass is 290 g/mol. The molecule has 0 bridgehead atoms. The molecule has 1 aromatic carbocycles. The smallest absolute Gasteiger partial charge is 0.240 e. The molecule has 2 rings (SSSR count). The molecule has 0 aliphatic carbocycles. The molecule has 0 saturated carbocycles. The summed E-state index contributed by atoms with van der Waals surface area (Å²) in [7, 11) is 0. The first-order valence-corrected chi connectivity index (χ1v) is 7.13. The van der Waals surface area contributed by atoms with Gasteiger partial charge in [0.25, 0.3) is 0 Å². The predicted octanol–water partition coefficient (Wildman–Crippen LogP) is 2.39. The van der Waals surface area contributed by atoms with Gasteiger partial charge in [0.1, 0.15) is 4.99 Å². The molecule has 0 aromatic heterocycles. The van der Waals surface area contributed by atoms with E-state index in [9.17, 15) is 9.59 Å². The van der Waals surface area contributed by atoms with Crippen LogP contribution in [0.5, 0.6) is 0 Å². The zero-order valence-corrected chi connectivity index (χ0v) is 12.5. The minimum atomic E-state index is -0.543. The molecule has 1 fully saturated rings. The van der Waals surface area contributed by atoms with Gasteiger partial charge >= 0.3 is 0 Å². The second kappa shape index (κ2) is 5.32.